The van der Waals surface area contributed by atoms with Crippen molar-refractivity contribution in [2.24, 2.45) is 0 Å². The molecule has 0 saturated carbocycles. The van der Waals surface area contributed by atoms with Crippen LogP contribution in [0.2, 0.25) is 5.02 Å². The largest absolute Gasteiger partial charge is 0.450 e. The van der Waals surface area contributed by atoms with Crippen molar-refractivity contribution in [2.75, 3.05) is 30.3 Å². The predicted octanol–water partition coefficient (Wildman–Crippen LogP) is 2.27. The Labute approximate surface area is 254 Å². The molecule has 1 saturated heterocycles. The van der Waals surface area contributed by atoms with Gasteiger partial charge in [-0.05, 0) is 88.0 Å². The fraction of sp³-hybridized carbons (Fsp3) is 0.429. The lowest BCUT2D eigenvalue weighted by molar-refractivity contribution is -0.442. The van der Waals surface area contributed by atoms with Gasteiger partial charge in [-0.1, -0.05) is 23.7 Å². The van der Waals surface area contributed by atoms with E-state index in [0.717, 1.165) is 37.1 Å². The minimum absolute atomic E-state index is 0.0224. The van der Waals surface area contributed by atoms with Gasteiger partial charge in [-0.15, -0.1) is 0 Å². The normalized spacial score (nSPS) is 16.1. The molecule has 1 aliphatic heterocycles. The summed E-state index contributed by atoms with van der Waals surface area (Å²) in [7, 11) is -3.65. The summed E-state index contributed by atoms with van der Waals surface area (Å²) in [6.07, 6.45) is 2.94. The zero-order valence-electron chi connectivity index (χ0n) is 23.9. The standard InChI is InChI=1S/C28H36ClN5O8S/c1-16(2)43(40,41)24-7-5-4-6-21(24)32-25-20(29)14-31-26(34-25)33-22-12-17(3)19(18-8-10-30-11-9-18)13-23(22)42-27(36,15-35)28(37,38)39/h4-7,12-14,16,18,30,35-39H,8-11,15H2,1-3H3,(H2,31,32,33,34). The lowest BCUT2D eigenvalue weighted by atomic mass is 9.87. The van der Waals surface area contributed by atoms with Crippen LogP contribution in [0.1, 0.15) is 43.7 Å². The number of aryl methyl sites for hydroxylation is 1. The lowest BCUT2D eigenvalue weighted by Gasteiger charge is -2.34. The van der Waals surface area contributed by atoms with Crippen LogP contribution in [0.3, 0.4) is 0 Å². The van der Waals surface area contributed by atoms with Gasteiger partial charge in [0.2, 0.25) is 5.95 Å². The molecule has 1 fully saturated rings. The molecule has 0 spiro atoms. The number of anilines is 4. The number of para-hydroxylation sites is 1. The Morgan fingerprint density at radius 3 is 2.40 bits per heavy atom. The van der Waals surface area contributed by atoms with Gasteiger partial charge < -0.3 is 46.2 Å². The van der Waals surface area contributed by atoms with Gasteiger partial charge in [0.25, 0.3) is 0 Å². The van der Waals surface area contributed by atoms with Gasteiger partial charge >= 0.3 is 11.8 Å². The van der Waals surface area contributed by atoms with Crippen molar-refractivity contribution in [3.05, 3.63) is 58.7 Å². The maximum atomic E-state index is 12.9. The number of nitrogens with zero attached hydrogens (tertiary/aromatic N) is 2. The van der Waals surface area contributed by atoms with Crippen molar-refractivity contribution in [1.29, 1.82) is 0 Å². The van der Waals surface area contributed by atoms with Gasteiger partial charge in [-0.25, -0.2) is 13.4 Å². The number of hydrogen-bond acceptors (Lipinski definition) is 13. The molecular weight excluding hydrogens is 602 g/mol. The molecule has 1 aromatic heterocycles. The molecule has 4 rings (SSSR count). The van der Waals surface area contributed by atoms with E-state index in [0.29, 0.717) is 0 Å². The third-order valence-electron chi connectivity index (χ3n) is 7.22. The van der Waals surface area contributed by atoms with Gasteiger partial charge in [0, 0.05) is 0 Å². The lowest BCUT2D eigenvalue weighted by Crippen LogP contribution is -2.60. The average Bonchev–Trinajstić information content (AvgIpc) is 2.96. The van der Waals surface area contributed by atoms with Crippen LogP contribution < -0.4 is 20.7 Å². The van der Waals surface area contributed by atoms with Crippen molar-refractivity contribution >= 4 is 44.6 Å². The fourth-order valence-electron chi connectivity index (χ4n) is 4.68. The van der Waals surface area contributed by atoms with Gasteiger partial charge in [0.15, 0.2) is 15.7 Å². The molecule has 1 atom stereocenters. The number of aliphatic hydroxyl groups is 5. The first kappa shape index (κ1) is 32.8. The third-order valence-corrected chi connectivity index (χ3v) is 9.71. The van der Waals surface area contributed by atoms with Gasteiger partial charge in [-0.2, -0.15) is 4.98 Å². The van der Waals surface area contributed by atoms with Crippen molar-refractivity contribution in [1.82, 2.24) is 15.3 Å². The number of aromatic nitrogens is 2. The Hall–Kier alpha value is -3.08. The topological polar surface area (TPSA) is 206 Å². The van der Waals surface area contributed by atoms with Gasteiger partial charge in [0.1, 0.15) is 17.4 Å². The van der Waals surface area contributed by atoms with E-state index in [1.54, 1.807) is 44.2 Å². The first-order valence-corrected chi connectivity index (χ1v) is 15.5. The molecule has 2 heterocycles. The van der Waals surface area contributed by atoms with E-state index in [1.165, 1.54) is 12.3 Å². The molecule has 0 radical (unpaired) electrons. The van der Waals surface area contributed by atoms with E-state index in [1.807, 2.05) is 6.92 Å². The Bertz CT molecular complexity index is 1560. The maximum Gasteiger partial charge on any atom is 0.347 e. The highest BCUT2D eigenvalue weighted by Crippen LogP contribution is 2.39. The highest BCUT2D eigenvalue weighted by Gasteiger charge is 2.51. The Kier molecular flexibility index (Phi) is 9.83. The van der Waals surface area contributed by atoms with Gasteiger partial charge in [-0.3, -0.25) is 0 Å². The zero-order chi connectivity index (χ0) is 31.6. The maximum absolute atomic E-state index is 12.9. The number of halogens is 1. The molecule has 43 heavy (non-hydrogen) atoms. The minimum Gasteiger partial charge on any atom is -0.450 e. The van der Waals surface area contributed by atoms with Crippen LogP contribution in [0.4, 0.5) is 23.1 Å². The quantitative estimate of drug-likeness (QED) is 0.142. The van der Waals surface area contributed by atoms with E-state index >= 15 is 0 Å². The summed E-state index contributed by atoms with van der Waals surface area (Å²) >= 11 is 6.36. The van der Waals surface area contributed by atoms with Crippen molar-refractivity contribution in [2.45, 2.75) is 61.4 Å². The molecule has 0 bridgehead atoms. The fourth-order valence-corrected chi connectivity index (χ4v) is 6.02. The molecule has 0 aliphatic carbocycles. The highest BCUT2D eigenvalue weighted by atomic mass is 35.5. The zero-order valence-corrected chi connectivity index (χ0v) is 25.4. The van der Waals surface area contributed by atoms with Crippen LogP contribution in [0.25, 0.3) is 0 Å². The summed E-state index contributed by atoms with van der Waals surface area (Å²) in [4.78, 5) is 8.65. The summed E-state index contributed by atoms with van der Waals surface area (Å²) in [6, 6.07) is 9.60. The summed E-state index contributed by atoms with van der Waals surface area (Å²) in [6.45, 7) is 5.26. The van der Waals surface area contributed by atoms with Crippen LogP contribution in [0.15, 0.2) is 47.5 Å². The monoisotopic (exact) mass is 637 g/mol. The first-order valence-electron chi connectivity index (χ1n) is 13.6. The first-order chi connectivity index (χ1) is 20.2. The predicted molar refractivity (Wildman–Crippen MR) is 160 cm³/mol. The van der Waals surface area contributed by atoms with Crippen LogP contribution in [-0.2, 0) is 9.84 Å². The number of sulfone groups is 1. The molecule has 1 unspecified atom stereocenters. The smallest absolute Gasteiger partial charge is 0.347 e. The van der Waals surface area contributed by atoms with Crippen molar-refractivity contribution < 1.29 is 38.7 Å². The van der Waals surface area contributed by atoms with Gasteiger partial charge in [0.05, 0.1) is 27.7 Å². The Morgan fingerprint density at radius 1 is 1.09 bits per heavy atom. The number of benzene rings is 2. The van der Waals surface area contributed by atoms with Crippen LogP contribution in [0, 0.1) is 6.92 Å². The Balaban J connectivity index is 1.73. The summed E-state index contributed by atoms with van der Waals surface area (Å²) < 4.78 is 31.3. The molecule has 0 amide bonds. The SMILES string of the molecule is Cc1cc(Nc2ncc(Cl)c(Nc3ccccc3S(=O)(=O)C(C)C)n2)c(OC(O)(CO)C(O)(O)O)cc1C1CCNCC1. The van der Waals surface area contributed by atoms with E-state index in [4.69, 9.17) is 16.3 Å². The van der Waals surface area contributed by atoms with Crippen LogP contribution in [0.5, 0.6) is 5.75 Å². The van der Waals surface area contributed by atoms with E-state index < -0.39 is 33.5 Å². The van der Waals surface area contributed by atoms with Crippen LogP contribution >= 0.6 is 11.6 Å². The molecule has 15 heteroatoms. The second kappa shape index (κ2) is 12.9. The third kappa shape index (κ3) is 7.19. The number of piperidine rings is 1. The van der Waals surface area contributed by atoms with E-state index in [-0.39, 0.29) is 44.7 Å². The summed E-state index contributed by atoms with van der Waals surface area (Å²) in [5.41, 5.74) is 2.12. The highest BCUT2D eigenvalue weighted by molar-refractivity contribution is 7.92. The minimum atomic E-state index is -3.81. The summed E-state index contributed by atoms with van der Waals surface area (Å²) in [5, 5.41) is 58.1. The molecule has 3 aromatic rings. The van der Waals surface area contributed by atoms with Crippen molar-refractivity contribution in [3.8, 4) is 5.75 Å². The number of ether oxygens (including phenoxy) is 1. The molecule has 1 aliphatic rings. The molecular formula is C28H36ClN5O8S. The Morgan fingerprint density at radius 2 is 1.77 bits per heavy atom. The number of hydrogen-bond donors (Lipinski definition) is 8. The molecule has 13 nitrogen and oxygen atoms in total. The second-order valence-corrected chi connectivity index (χ2v) is 13.5. The molecule has 2 aromatic carbocycles. The van der Waals surface area contributed by atoms with Crippen molar-refractivity contribution in [3.63, 3.8) is 0 Å². The average molecular weight is 638 g/mol. The molecule has 234 valence electrons. The van der Waals surface area contributed by atoms with E-state index in [2.05, 4.69) is 25.9 Å². The number of rotatable bonds is 11. The van der Waals surface area contributed by atoms with E-state index in [9.17, 15) is 34.0 Å². The summed E-state index contributed by atoms with van der Waals surface area (Å²) in [5.74, 6) is -6.96. The second-order valence-electron chi connectivity index (χ2n) is 10.6. The molecule has 8 N–H and O–H groups in total. The van der Waals surface area contributed by atoms with Crippen LogP contribution in [-0.4, -0.2) is 80.6 Å². The number of aliphatic hydroxyl groups excluding tert-OH is 1. The number of nitrogens with one attached hydrogen (secondary N) is 3.